The molecule has 2 N–H and O–H groups in total. The van der Waals surface area contributed by atoms with Crippen molar-refractivity contribution >= 4 is 22.7 Å². The highest BCUT2D eigenvalue weighted by Crippen LogP contribution is 2.21. The number of carboxylic acids is 2. The van der Waals surface area contributed by atoms with Gasteiger partial charge >= 0.3 is 11.9 Å². The van der Waals surface area contributed by atoms with Crippen molar-refractivity contribution in [3.8, 4) is 5.75 Å². The summed E-state index contributed by atoms with van der Waals surface area (Å²) in [5.74, 6) is -2.69. The monoisotopic (exact) mass is 450 g/mol. The first-order chi connectivity index (χ1) is 16.0. The molecule has 0 aromatic heterocycles. The first kappa shape index (κ1) is 24.2. The molecule has 1 aliphatic rings. The normalized spacial score (nSPS) is 14.3. The van der Waals surface area contributed by atoms with Gasteiger partial charge in [-0.05, 0) is 41.0 Å². The predicted octanol–water partition coefficient (Wildman–Crippen LogP) is 3.71. The SMILES string of the molecule is CCOc1ccc(CN2CCN(Cc3cccc4ccccc34)CC2)cc1.O=C(O)C(=O)O. The molecule has 0 aliphatic carbocycles. The van der Waals surface area contributed by atoms with E-state index >= 15 is 0 Å². The van der Waals surface area contributed by atoms with Crippen LogP contribution in [0.15, 0.2) is 66.7 Å². The summed E-state index contributed by atoms with van der Waals surface area (Å²) in [5.41, 5.74) is 2.80. The third-order valence-corrected chi connectivity index (χ3v) is 5.56. The molecule has 1 heterocycles. The number of carboxylic acid groups (broad SMARTS) is 2. The second kappa shape index (κ2) is 12.0. The van der Waals surface area contributed by atoms with Crippen LogP contribution in [0.3, 0.4) is 0 Å². The zero-order valence-electron chi connectivity index (χ0n) is 18.8. The summed E-state index contributed by atoms with van der Waals surface area (Å²) in [5, 5.41) is 17.5. The Morgan fingerprint density at radius 3 is 1.97 bits per heavy atom. The summed E-state index contributed by atoms with van der Waals surface area (Å²) in [4.78, 5) is 23.3. The van der Waals surface area contributed by atoms with Crippen LogP contribution in [0, 0.1) is 0 Å². The van der Waals surface area contributed by atoms with E-state index in [2.05, 4.69) is 76.5 Å². The third kappa shape index (κ3) is 7.30. The third-order valence-electron chi connectivity index (χ3n) is 5.56. The Bertz CT molecular complexity index is 1040. The molecule has 33 heavy (non-hydrogen) atoms. The topological polar surface area (TPSA) is 90.3 Å². The van der Waals surface area contributed by atoms with Gasteiger partial charge in [0.05, 0.1) is 6.61 Å². The molecule has 174 valence electrons. The lowest BCUT2D eigenvalue weighted by molar-refractivity contribution is -0.159. The Labute approximate surface area is 193 Å². The van der Waals surface area contributed by atoms with Gasteiger partial charge in [-0.3, -0.25) is 9.80 Å². The number of carbonyl (C=O) groups is 2. The number of ether oxygens (including phenoxy) is 1. The predicted molar refractivity (Wildman–Crippen MR) is 127 cm³/mol. The van der Waals surface area contributed by atoms with Gasteiger partial charge in [-0.25, -0.2) is 9.59 Å². The van der Waals surface area contributed by atoms with Crippen molar-refractivity contribution in [2.75, 3.05) is 32.8 Å². The fourth-order valence-corrected chi connectivity index (χ4v) is 3.89. The van der Waals surface area contributed by atoms with E-state index in [1.807, 2.05) is 6.92 Å². The maximum atomic E-state index is 9.10. The molecule has 1 saturated heterocycles. The van der Waals surface area contributed by atoms with Crippen LogP contribution >= 0.6 is 0 Å². The van der Waals surface area contributed by atoms with Gasteiger partial charge in [-0.1, -0.05) is 54.6 Å². The summed E-state index contributed by atoms with van der Waals surface area (Å²) >= 11 is 0. The van der Waals surface area contributed by atoms with Gasteiger partial charge in [-0.2, -0.15) is 0 Å². The van der Waals surface area contributed by atoms with Crippen molar-refractivity contribution in [2.24, 2.45) is 0 Å². The summed E-state index contributed by atoms with van der Waals surface area (Å²) in [6, 6.07) is 23.9. The molecule has 0 amide bonds. The molecule has 0 unspecified atom stereocenters. The van der Waals surface area contributed by atoms with Crippen LogP contribution < -0.4 is 4.74 Å². The van der Waals surface area contributed by atoms with Gasteiger partial charge in [0.25, 0.3) is 0 Å². The Kier molecular flexibility index (Phi) is 8.80. The first-order valence-corrected chi connectivity index (χ1v) is 11.1. The molecule has 7 nitrogen and oxygen atoms in total. The standard InChI is InChI=1S/C24H28N2O.C2H2O4/c1-2-27-23-12-10-20(11-13-23)18-25-14-16-26(17-15-25)19-22-8-5-7-21-6-3-4-9-24(21)22;3-1(4)2(5)6/h3-13H,2,14-19H2,1H3;(H,3,4)(H,5,6). The molecule has 3 aromatic rings. The van der Waals surface area contributed by atoms with Crippen LogP contribution in [0.5, 0.6) is 5.75 Å². The number of aliphatic carboxylic acids is 2. The Morgan fingerprint density at radius 2 is 1.36 bits per heavy atom. The number of rotatable bonds is 6. The molecule has 7 heteroatoms. The lowest BCUT2D eigenvalue weighted by atomic mass is 10.0. The van der Waals surface area contributed by atoms with Crippen LogP contribution in [0.4, 0.5) is 0 Å². The largest absolute Gasteiger partial charge is 0.494 e. The highest BCUT2D eigenvalue weighted by atomic mass is 16.5. The number of benzene rings is 3. The second-order valence-corrected chi connectivity index (χ2v) is 7.88. The minimum absolute atomic E-state index is 0.720. The Balaban J connectivity index is 0.000000454. The molecule has 1 fully saturated rings. The van der Waals surface area contributed by atoms with Crippen molar-refractivity contribution in [3.05, 3.63) is 77.9 Å². The zero-order valence-corrected chi connectivity index (χ0v) is 18.8. The molecule has 0 saturated carbocycles. The lowest BCUT2D eigenvalue weighted by Crippen LogP contribution is -2.45. The van der Waals surface area contributed by atoms with Gasteiger partial charge in [0.1, 0.15) is 5.75 Å². The maximum absolute atomic E-state index is 9.10. The van der Waals surface area contributed by atoms with Crippen LogP contribution in [0.25, 0.3) is 10.8 Å². The molecule has 0 bridgehead atoms. The molecule has 0 radical (unpaired) electrons. The van der Waals surface area contributed by atoms with Crippen LogP contribution in [-0.2, 0) is 22.7 Å². The fraction of sp³-hybridized carbons (Fsp3) is 0.308. The molecule has 0 atom stereocenters. The van der Waals surface area contributed by atoms with Crippen molar-refractivity contribution in [1.82, 2.24) is 9.80 Å². The first-order valence-electron chi connectivity index (χ1n) is 11.1. The molecule has 4 rings (SSSR count). The van der Waals surface area contributed by atoms with Crippen molar-refractivity contribution in [3.63, 3.8) is 0 Å². The summed E-state index contributed by atoms with van der Waals surface area (Å²) < 4.78 is 5.53. The van der Waals surface area contributed by atoms with E-state index in [1.165, 1.54) is 21.9 Å². The fourth-order valence-electron chi connectivity index (χ4n) is 3.89. The number of hydrogen-bond donors (Lipinski definition) is 2. The van der Waals surface area contributed by atoms with Gasteiger partial charge < -0.3 is 14.9 Å². The van der Waals surface area contributed by atoms with Gasteiger partial charge in [-0.15, -0.1) is 0 Å². The minimum atomic E-state index is -1.82. The minimum Gasteiger partial charge on any atom is -0.494 e. The van der Waals surface area contributed by atoms with Crippen LogP contribution in [0.2, 0.25) is 0 Å². The quantitative estimate of drug-likeness (QED) is 0.553. The van der Waals surface area contributed by atoms with E-state index in [0.717, 1.165) is 51.6 Å². The molecular formula is C26H30N2O5. The summed E-state index contributed by atoms with van der Waals surface area (Å²) in [6.07, 6.45) is 0. The maximum Gasteiger partial charge on any atom is 0.414 e. The number of fused-ring (bicyclic) bond motifs is 1. The smallest absolute Gasteiger partial charge is 0.414 e. The summed E-state index contributed by atoms with van der Waals surface area (Å²) in [7, 11) is 0. The average molecular weight is 451 g/mol. The summed E-state index contributed by atoms with van der Waals surface area (Å²) in [6.45, 7) is 9.30. The van der Waals surface area contributed by atoms with E-state index in [-0.39, 0.29) is 0 Å². The Hall–Kier alpha value is -3.42. The van der Waals surface area contributed by atoms with Gasteiger partial charge in [0.15, 0.2) is 0 Å². The molecule has 3 aromatic carbocycles. The van der Waals surface area contributed by atoms with E-state index < -0.39 is 11.9 Å². The van der Waals surface area contributed by atoms with Gasteiger partial charge in [0, 0.05) is 39.3 Å². The lowest BCUT2D eigenvalue weighted by Gasteiger charge is -2.35. The molecule has 1 aliphatic heterocycles. The molecular weight excluding hydrogens is 420 g/mol. The van der Waals surface area contributed by atoms with Crippen molar-refractivity contribution < 1.29 is 24.5 Å². The van der Waals surface area contributed by atoms with Crippen LogP contribution in [-0.4, -0.2) is 64.7 Å². The Morgan fingerprint density at radius 1 is 0.788 bits per heavy atom. The van der Waals surface area contributed by atoms with E-state index in [0.29, 0.717) is 0 Å². The van der Waals surface area contributed by atoms with Crippen LogP contribution in [0.1, 0.15) is 18.1 Å². The van der Waals surface area contributed by atoms with E-state index in [1.54, 1.807) is 0 Å². The molecule has 0 spiro atoms. The highest BCUT2D eigenvalue weighted by molar-refractivity contribution is 6.27. The number of nitrogens with zero attached hydrogens (tertiary/aromatic N) is 2. The van der Waals surface area contributed by atoms with E-state index in [4.69, 9.17) is 24.5 Å². The number of piperazine rings is 1. The number of hydrogen-bond acceptors (Lipinski definition) is 5. The van der Waals surface area contributed by atoms with Gasteiger partial charge in [0.2, 0.25) is 0 Å². The van der Waals surface area contributed by atoms with Crippen molar-refractivity contribution in [2.45, 2.75) is 20.0 Å². The second-order valence-electron chi connectivity index (χ2n) is 7.88. The van der Waals surface area contributed by atoms with E-state index in [9.17, 15) is 0 Å². The zero-order chi connectivity index (χ0) is 23.6. The average Bonchev–Trinajstić information content (AvgIpc) is 2.82. The van der Waals surface area contributed by atoms with Crippen molar-refractivity contribution in [1.29, 1.82) is 0 Å². The highest BCUT2D eigenvalue weighted by Gasteiger charge is 2.17.